The molecule has 0 aromatic heterocycles. The van der Waals surface area contributed by atoms with E-state index in [1.165, 1.54) is 7.11 Å². The predicted octanol–water partition coefficient (Wildman–Crippen LogP) is 2.78. The SMILES string of the molecule is COc1cc(C2(C(C)=O)CC2)cc(Br)c1O. The average Bonchev–Trinajstić information content (AvgIpc) is 3.02. The maximum absolute atomic E-state index is 11.6. The molecule has 1 N–H and O–H groups in total. The van der Waals surface area contributed by atoms with Gasteiger partial charge in [0.25, 0.3) is 0 Å². The molecule has 0 unspecified atom stereocenters. The van der Waals surface area contributed by atoms with E-state index in [9.17, 15) is 9.90 Å². The molecule has 1 aromatic carbocycles. The zero-order valence-corrected chi connectivity index (χ0v) is 10.8. The first-order chi connectivity index (χ1) is 7.51. The number of methoxy groups -OCH3 is 1. The lowest BCUT2D eigenvalue weighted by Crippen LogP contribution is -2.16. The van der Waals surface area contributed by atoms with Crippen LogP contribution in [0.15, 0.2) is 16.6 Å². The van der Waals surface area contributed by atoms with Gasteiger partial charge in [-0.05, 0) is 53.4 Å². The van der Waals surface area contributed by atoms with Crippen LogP contribution in [0.25, 0.3) is 0 Å². The van der Waals surface area contributed by atoms with Gasteiger partial charge in [-0.1, -0.05) is 0 Å². The number of carbonyl (C=O) groups is 1. The smallest absolute Gasteiger partial charge is 0.172 e. The summed E-state index contributed by atoms with van der Waals surface area (Å²) in [5, 5.41) is 9.69. The number of aromatic hydroxyl groups is 1. The minimum absolute atomic E-state index is 0.0746. The molecule has 0 aliphatic heterocycles. The lowest BCUT2D eigenvalue weighted by Gasteiger charge is -2.15. The highest BCUT2D eigenvalue weighted by atomic mass is 79.9. The lowest BCUT2D eigenvalue weighted by molar-refractivity contribution is -0.119. The third-order valence-corrected chi connectivity index (χ3v) is 3.83. The Morgan fingerprint density at radius 1 is 1.50 bits per heavy atom. The summed E-state index contributed by atoms with van der Waals surface area (Å²) in [4.78, 5) is 11.6. The van der Waals surface area contributed by atoms with Gasteiger partial charge in [0, 0.05) is 0 Å². The molecule has 0 heterocycles. The van der Waals surface area contributed by atoms with Gasteiger partial charge >= 0.3 is 0 Å². The van der Waals surface area contributed by atoms with Crippen LogP contribution in [0.1, 0.15) is 25.3 Å². The number of carbonyl (C=O) groups excluding carboxylic acids is 1. The van der Waals surface area contributed by atoms with E-state index in [1.54, 1.807) is 19.1 Å². The molecular weight excluding hydrogens is 272 g/mol. The van der Waals surface area contributed by atoms with Gasteiger partial charge in [-0.15, -0.1) is 0 Å². The van der Waals surface area contributed by atoms with Crippen molar-refractivity contribution in [2.45, 2.75) is 25.2 Å². The highest BCUT2D eigenvalue weighted by Crippen LogP contribution is 2.51. The molecule has 1 saturated carbocycles. The van der Waals surface area contributed by atoms with Crippen molar-refractivity contribution in [3.05, 3.63) is 22.2 Å². The zero-order valence-electron chi connectivity index (χ0n) is 9.21. The fourth-order valence-corrected chi connectivity index (χ4v) is 2.42. The van der Waals surface area contributed by atoms with Gasteiger partial charge in [0.15, 0.2) is 11.5 Å². The van der Waals surface area contributed by atoms with E-state index in [0.29, 0.717) is 10.2 Å². The Morgan fingerprint density at radius 2 is 2.12 bits per heavy atom. The highest BCUT2D eigenvalue weighted by Gasteiger charge is 2.49. The van der Waals surface area contributed by atoms with Crippen LogP contribution < -0.4 is 4.74 Å². The van der Waals surface area contributed by atoms with E-state index in [0.717, 1.165) is 18.4 Å². The molecule has 1 aromatic rings. The summed E-state index contributed by atoms with van der Waals surface area (Å²) in [6.07, 6.45) is 1.76. The Labute approximate surface area is 103 Å². The summed E-state index contributed by atoms with van der Waals surface area (Å²) in [7, 11) is 1.50. The molecule has 4 heteroatoms. The first kappa shape index (κ1) is 11.5. The van der Waals surface area contributed by atoms with Crippen LogP contribution in [0.5, 0.6) is 11.5 Å². The number of ether oxygens (including phenoxy) is 1. The maximum Gasteiger partial charge on any atom is 0.172 e. The summed E-state index contributed by atoms with van der Waals surface area (Å²) in [6.45, 7) is 1.61. The fraction of sp³-hybridized carbons (Fsp3) is 0.417. The second-order valence-corrected chi connectivity index (χ2v) is 5.00. The van der Waals surface area contributed by atoms with Crippen LogP contribution in [-0.4, -0.2) is 18.0 Å². The van der Waals surface area contributed by atoms with E-state index in [2.05, 4.69) is 15.9 Å². The second-order valence-electron chi connectivity index (χ2n) is 4.15. The monoisotopic (exact) mass is 284 g/mol. The number of Topliss-reactive ketones (excluding diaryl/α,β-unsaturated/α-hetero) is 1. The van der Waals surface area contributed by atoms with Crippen molar-refractivity contribution < 1.29 is 14.6 Å². The first-order valence-electron chi connectivity index (χ1n) is 5.09. The third kappa shape index (κ3) is 1.61. The molecule has 0 amide bonds. The van der Waals surface area contributed by atoms with Crippen LogP contribution in [0.3, 0.4) is 0 Å². The van der Waals surface area contributed by atoms with Crippen molar-refractivity contribution in [1.29, 1.82) is 0 Å². The minimum atomic E-state index is -0.344. The molecule has 2 rings (SSSR count). The van der Waals surface area contributed by atoms with Crippen LogP contribution in [0.4, 0.5) is 0 Å². The van der Waals surface area contributed by atoms with Crippen molar-refractivity contribution in [2.75, 3.05) is 7.11 Å². The van der Waals surface area contributed by atoms with Crippen molar-refractivity contribution in [3.8, 4) is 11.5 Å². The normalized spacial score (nSPS) is 16.9. The summed E-state index contributed by atoms with van der Waals surface area (Å²) in [6, 6.07) is 3.54. The lowest BCUT2D eigenvalue weighted by atomic mass is 9.92. The molecule has 16 heavy (non-hydrogen) atoms. The quantitative estimate of drug-likeness (QED) is 0.928. The van der Waals surface area contributed by atoms with Gasteiger partial charge in [-0.25, -0.2) is 0 Å². The van der Waals surface area contributed by atoms with E-state index >= 15 is 0 Å². The standard InChI is InChI=1S/C12H13BrO3/c1-7(14)12(3-4-12)8-5-9(13)11(15)10(6-8)16-2/h5-6,15H,3-4H2,1-2H3. The predicted molar refractivity (Wildman–Crippen MR) is 64.0 cm³/mol. The molecule has 86 valence electrons. The Bertz CT molecular complexity index is 450. The van der Waals surface area contributed by atoms with Gasteiger partial charge in [0.05, 0.1) is 17.0 Å². The van der Waals surface area contributed by atoms with Crippen LogP contribution in [-0.2, 0) is 10.2 Å². The minimum Gasteiger partial charge on any atom is -0.503 e. The summed E-state index contributed by atoms with van der Waals surface area (Å²) < 4.78 is 5.64. The number of ketones is 1. The highest BCUT2D eigenvalue weighted by molar-refractivity contribution is 9.10. The Balaban J connectivity index is 2.51. The van der Waals surface area contributed by atoms with Gasteiger partial charge < -0.3 is 9.84 Å². The summed E-state index contributed by atoms with van der Waals surface area (Å²) in [5.41, 5.74) is 0.574. The average molecular weight is 285 g/mol. The zero-order chi connectivity index (χ0) is 11.9. The van der Waals surface area contributed by atoms with Crippen LogP contribution in [0, 0.1) is 0 Å². The molecule has 1 aliphatic carbocycles. The molecular formula is C12H13BrO3. The van der Waals surface area contributed by atoms with Gasteiger partial charge in [0.2, 0.25) is 0 Å². The number of rotatable bonds is 3. The number of phenolic OH excluding ortho intramolecular Hbond substituents is 1. The van der Waals surface area contributed by atoms with E-state index in [-0.39, 0.29) is 16.9 Å². The van der Waals surface area contributed by atoms with E-state index < -0.39 is 0 Å². The van der Waals surface area contributed by atoms with Gasteiger partial charge in [-0.2, -0.15) is 0 Å². The maximum atomic E-state index is 11.6. The number of benzene rings is 1. The van der Waals surface area contributed by atoms with Crippen molar-refractivity contribution in [2.24, 2.45) is 0 Å². The number of hydrogen-bond donors (Lipinski definition) is 1. The second kappa shape index (κ2) is 3.77. The third-order valence-electron chi connectivity index (χ3n) is 3.22. The van der Waals surface area contributed by atoms with Crippen LogP contribution in [0.2, 0.25) is 0 Å². The Hall–Kier alpha value is -1.03. The van der Waals surface area contributed by atoms with E-state index in [4.69, 9.17) is 4.74 Å². The Morgan fingerprint density at radius 3 is 2.56 bits per heavy atom. The number of phenols is 1. The molecule has 3 nitrogen and oxygen atoms in total. The number of halogens is 1. The van der Waals surface area contributed by atoms with Gasteiger partial charge in [-0.3, -0.25) is 4.79 Å². The summed E-state index contributed by atoms with van der Waals surface area (Å²) in [5.74, 6) is 0.648. The van der Waals surface area contributed by atoms with Gasteiger partial charge in [0.1, 0.15) is 5.78 Å². The Kier molecular flexibility index (Phi) is 2.70. The van der Waals surface area contributed by atoms with Crippen molar-refractivity contribution in [3.63, 3.8) is 0 Å². The topological polar surface area (TPSA) is 46.5 Å². The van der Waals surface area contributed by atoms with Crippen molar-refractivity contribution in [1.82, 2.24) is 0 Å². The van der Waals surface area contributed by atoms with E-state index in [1.807, 2.05) is 0 Å². The fourth-order valence-electron chi connectivity index (χ4n) is 1.97. The summed E-state index contributed by atoms with van der Waals surface area (Å²) >= 11 is 3.27. The van der Waals surface area contributed by atoms with Crippen LogP contribution >= 0.6 is 15.9 Å². The number of hydrogen-bond acceptors (Lipinski definition) is 3. The molecule has 0 saturated heterocycles. The first-order valence-corrected chi connectivity index (χ1v) is 5.88. The molecule has 0 spiro atoms. The molecule has 1 fully saturated rings. The molecule has 0 bridgehead atoms. The molecule has 1 aliphatic rings. The molecule has 0 radical (unpaired) electrons. The largest absolute Gasteiger partial charge is 0.503 e. The van der Waals surface area contributed by atoms with Crippen molar-refractivity contribution >= 4 is 21.7 Å². The molecule has 0 atom stereocenters.